The highest BCUT2D eigenvalue weighted by Gasteiger charge is 2.07. The van der Waals surface area contributed by atoms with Gasteiger partial charge in [-0.25, -0.2) is 0 Å². The van der Waals surface area contributed by atoms with Gasteiger partial charge in [-0.3, -0.25) is 9.79 Å². The molecule has 0 saturated heterocycles. The van der Waals surface area contributed by atoms with Gasteiger partial charge in [0.05, 0.1) is 7.11 Å². The smallest absolute Gasteiger partial charge is 0.253 e. The first kappa shape index (κ1) is 21.3. The van der Waals surface area contributed by atoms with E-state index in [1.807, 2.05) is 36.4 Å². The molecule has 0 aliphatic heterocycles. The van der Waals surface area contributed by atoms with Crippen LogP contribution in [-0.4, -0.2) is 51.6 Å². The third-order valence-corrected chi connectivity index (χ3v) is 4.36. The van der Waals surface area contributed by atoms with E-state index in [1.54, 1.807) is 33.2 Å². The Labute approximate surface area is 167 Å². The molecule has 0 bridgehead atoms. The van der Waals surface area contributed by atoms with Gasteiger partial charge in [0.1, 0.15) is 5.75 Å². The minimum atomic E-state index is 0.00743. The Morgan fingerprint density at radius 1 is 1.07 bits per heavy atom. The van der Waals surface area contributed by atoms with Crippen LogP contribution in [0, 0.1) is 0 Å². The van der Waals surface area contributed by atoms with Gasteiger partial charge in [0.2, 0.25) is 0 Å². The summed E-state index contributed by atoms with van der Waals surface area (Å²) in [6.45, 7) is 1.47. The van der Waals surface area contributed by atoms with Crippen molar-refractivity contribution in [1.82, 2.24) is 15.5 Å². The molecule has 2 aromatic carbocycles. The second kappa shape index (κ2) is 11.0. The minimum Gasteiger partial charge on any atom is -0.497 e. The van der Waals surface area contributed by atoms with Crippen LogP contribution < -0.4 is 15.4 Å². The quantitative estimate of drug-likeness (QED) is 0.419. The molecule has 0 atom stereocenters. The van der Waals surface area contributed by atoms with Crippen molar-refractivity contribution >= 4 is 11.9 Å². The molecule has 0 heterocycles. The molecule has 6 heteroatoms. The van der Waals surface area contributed by atoms with E-state index >= 15 is 0 Å². The zero-order chi connectivity index (χ0) is 20.4. The van der Waals surface area contributed by atoms with Gasteiger partial charge < -0.3 is 20.3 Å². The first-order valence-electron chi connectivity index (χ1n) is 9.41. The Hall–Kier alpha value is -3.02. The lowest BCUT2D eigenvalue weighted by atomic mass is 10.1. The average molecular weight is 383 g/mol. The molecule has 0 aliphatic carbocycles. The van der Waals surface area contributed by atoms with Crippen LogP contribution in [0.15, 0.2) is 53.5 Å². The molecule has 28 heavy (non-hydrogen) atoms. The highest BCUT2D eigenvalue weighted by Crippen LogP contribution is 2.13. The van der Waals surface area contributed by atoms with E-state index in [4.69, 9.17) is 4.74 Å². The molecule has 0 spiro atoms. The van der Waals surface area contributed by atoms with Crippen LogP contribution in [-0.2, 0) is 13.0 Å². The molecule has 0 radical (unpaired) electrons. The topological polar surface area (TPSA) is 66.0 Å². The van der Waals surface area contributed by atoms with Gasteiger partial charge in [-0.2, -0.15) is 0 Å². The molecule has 1 amide bonds. The molecule has 0 aromatic heterocycles. The van der Waals surface area contributed by atoms with E-state index in [0.29, 0.717) is 12.1 Å². The fourth-order valence-electron chi connectivity index (χ4n) is 2.76. The molecule has 0 saturated carbocycles. The largest absolute Gasteiger partial charge is 0.497 e. The molecule has 2 N–H and O–H groups in total. The molecule has 2 rings (SSSR count). The van der Waals surface area contributed by atoms with Gasteiger partial charge in [-0.15, -0.1) is 0 Å². The number of nitrogens with one attached hydrogen (secondary N) is 2. The molecular formula is C22H30N4O2. The van der Waals surface area contributed by atoms with Gasteiger partial charge in [0, 0.05) is 39.8 Å². The van der Waals surface area contributed by atoms with Crippen molar-refractivity contribution in [2.45, 2.75) is 19.4 Å². The fraction of sp³-hybridized carbons (Fsp3) is 0.364. The van der Waals surface area contributed by atoms with Crippen LogP contribution in [0.5, 0.6) is 5.75 Å². The molecule has 2 aromatic rings. The summed E-state index contributed by atoms with van der Waals surface area (Å²) in [6, 6.07) is 15.8. The number of nitrogens with zero attached hydrogens (tertiary/aromatic N) is 2. The number of benzene rings is 2. The van der Waals surface area contributed by atoms with E-state index in [2.05, 4.69) is 27.8 Å². The van der Waals surface area contributed by atoms with Crippen molar-refractivity contribution in [3.05, 3.63) is 65.2 Å². The zero-order valence-corrected chi connectivity index (χ0v) is 17.2. The third kappa shape index (κ3) is 6.61. The maximum absolute atomic E-state index is 11.9. The molecule has 6 nitrogen and oxygen atoms in total. The lowest BCUT2D eigenvalue weighted by molar-refractivity contribution is 0.0827. The SMILES string of the molecule is CN=C(NCCCc1cccc(OC)c1)NCc1ccc(C(=O)N(C)C)cc1. The second-order valence-corrected chi connectivity index (χ2v) is 6.70. The van der Waals surface area contributed by atoms with Crippen LogP contribution >= 0.6 is 0 Å². The lowest BCUT2D eigenvalue weighted by Gasteiger charge is -2.13. The Morgan fingerprint density at radius 2 is 1.82 bits per heavy atom. The van der Waals surface area contributed by atoms with Crippen LogP contribution in [0.2, 0.25) is 0 Å². The summed E-state index contributed by atoms with van der Waals surface area (Å²) >= 11 is 0. The van der Waals surface area contributed by atoms with Crippen molar-refractivity contribution in [2.75, 3.05) is 34.8 Å². The number of rotatable bonds is 8. The maximum Gasteiger partial charge on any atom is 0.253 e. The Balaban J connectivity index is 1.74. The number of guanidine groups is 1. The number of aliphatic imine (C=N–C) groups is 1. The van der Waals surface area contributed by atoms with Gasteiger partial charge >= 0.3 is 0 Å². The molecular weight excluding hydrogens is 352 g/mol. The van der Waals surface area contributed by atoms with E-state index in [0.717, 1.165) is 36.7 Å². The Bertz CT molecular complexity index is 785. The summed E-state index contributed by atoms with van der Waals surface area (Å²) in [5.74, 6) is 1.66. The number of amides is 1. The minimum absolute atomic E-state index is 0.00743. The summed E-state index contributed by atoms with van der Waals surface area (Å²) in [5.41, 5.74) is 3.04. The standard InChI is InChI=1S/C22H30N4O2/c1-23-22(24-14-6-8-17-7-5-9-20(15-17)28-4)25-16-18-10-12-19(13-11-18)21(27)26(2)3/h5,7,9-13,15H,6,8,14,16H2,1-4H3,(H2,23,24,25). The molecule has 0 unspecified atom stereocenters. The average Bonchev–Trinajstić information content (AvgIpc) is 2.73. The lowest BCUT2D eigenvalue weighted by Crippen LogP contribution is -2.37. The van der Waals surface area contributed by atoms with E-state index in [9.17, 15) is 4.79 Å². The number of methoxy groups -OCH3 is 1. The summed E-state index contributed by atoms with van der Waals surface area (Å²) < 4.78 is 5.26. The number of ether oxygens (including phenoxy) is 1. The highest BCUT2D eigenvalue weighted by atomic mass is 16.5. The summed E-state index contributed by atoms with van der Waals surface area (Å²) in [7, 11) is 6.95. The van der Waals surface area contributed by atoms with Gasteiger partial charge in [-0.1, -0.05) is 24.3 Å². The van der Waals surface area contributed by atoms with Crippen molar-refractivity contribution in [1.29, 1.82) is 0 Å². The van der Waals surface area contributed by atoms with E-state index in [-0.39, 0.29) is 5.91 Å². The van der Waals surface area contributed by atoms with Crippen LogP contribution in [0.1, 0.15) is 27.9 Å². The summed E-state index contributed by atoms with van der Waals surface area (Å²) in [4.78, 5) is 17.8. The molecule has 150 valence electrons. The third-order valence-electron chi connectivity index (χ3n) is 4.36. The van der Waals surface area contributed by atoms with Crippen molar-refractivity contribution in [3.63, 3.8) is 0 Å². The number of carbonyl (C=O) groups excluding carboxylic acids is 1. The monoisotopic (exact) mass is 382 g/mol. The predicted octanol–water partition coefficient (Wildman–Crippen LogP) is 2.69. The fourth-order valence-corrected chi connectivity index (χ4v) is 2.76. The Morgan fingerprint density at radius 3 is 2.46 bits per heavy atom. The first-order chi connectivity index (χ1) is 13.5. The van der Waals surface area contributed by atoms with E-state index < -0.39 is 0 Å². The molecule has 0 fully saturated rings. The normalized spacial score (nSPS) is 11.1. The number of aryl methyl sites for hydroxylation is 1. The summed E-state index contributed by atoms with van der Waals surface area (Å²) in [5, 5.41) is 6.63. The zero-order valence-electron chi connectivity index (χ0n) is 17.2. The Kier molecular flexibility index (Phi) is 8.34. The van der Waals surface area contributed by atoms with Gasteiger partial charge in [0.15, 0.2) is 5.96 Å². The highest BCUT2D eigenvalue weighted by molar-refractivity contribution is 5.93. The van der Waals surface area contributed by atoms with Crippen molar-refractivity contribution < 1.29 is 9.53 Å². The van der Waals surface area contributed by atoms with Gasteiger partial charge in [0.25, 0.3) is 5.91 Å². The van der Waals surface area contributed by atoms with Crippen LogP contribution in [0.4, 0.5) is 0 Å². The predicted molar refractivity (Wildman–Crippen MR) is 114 cm³/mol. The summed E-state index contributed by atoms with van der Waals surface area (Å²) in [6.07, 6.45) is 1.97. The second-order valence-electron chi connectivity index (χ2n) is 6.70. The van der Waals surface area contributed by atoms with E-state index in [1.165, 1.54) is 5.56 Å². The first-order valence-corrected chi connectivity index (χ1v) is 9.41. The van der Waals surface area contributed by atoms with Gasteiger partial charge in [-0.05, 0) is 48.2 Å². The van der Waals surface area contributed by atoms with Crippen molar-refractivity contribution in [3.8, 4) is 5.75 Å². The number of hydrogen-bond acceptors (Lipinski definition) is 3. The number of hydrogen-bond donors (Lipinski definition) is 2. The van der Waals surface area contributed by atoms with Crippen LogP contribution in [0.3, 0.4) is 0 Å². The van der Waals surface area contributed by atoms with Crippen LogP contribution in [0.25, 0.3) is 0 Å². The number of carbonyl (C=O) groups is 1. The maximum atomic E-state index is 11.9. The molecule has 0 aliphatic rings. The van der Waals surface area contributed by atoms with Crippen molar-refractivity contribution in [2.24, 2.45) is 4.99 Å².